The van der Waals surface area contributed by atoms with Crippen LogP contribution in [0.3, 0.4) is 0 Å². The summed E-state index contributed by atoms with van der Waals surface area (Å²) in [6.45, 7) is 18.2. The van der Waals surface area contributed by atoms with Gasteiger partial charge < -0.3 is 34.9 Å². The molecule has 3 amide bonds. The number of likely N-dealkylation sites (tertiary alicyclic amines) is 1. The Labute approximate surface area is 403 Å². The monoisotopic (exact) mass is 953 g/mol. The summed E-state index contributed by atoms with van der Waals surface area (Å²) in [5.41, 5.74) is 4.28. The van der Waals surface area contributed by atoms with E-state index in [4.69, 9.17) is 25.8 Å². The van der Waals surface area contributed by atoms with Gasteiger partial charge in [0.15, 0.2) is 5.78 Å². The second-order valence-corrected chi connectivity index (χ2v) is 21.4. The fraction of sp³-hybridized carbons (Fsp3) is 0.500. The minimum atomic E-state index is -0.944. The average molecular weight is 955 g/mol. The maximum Gasteiger partial charge on any atom is 0.251 e. The highest BCUT2D eigenvalue weighted by Gasteiger charge is 2.64. The van der Waals surface area contributed by atoms with Crippen molar-refractivity contribution < 1.29 is 38.5 Å². The van der Waals surface area contributed by atoms with Crippen LogP contribution < -0.4 is 20.1 Å². The van der Waals surface area contributed by atoms with Gasteiger partial charge in [-0.1, -0.05) is 91.3 Å². The number of rotatable bonds is 19. The summed E-state index contributed by atoms with van der Waals surface area (Å²) in [5, 5.41) is 26.2. The van der Waals surface area contributed by atoms with Crippen LogP contribution >= 0.6 is 22.9 Å². The van der Waals surface area contributed by atoms with Gasteiger partial charge in [0.2, 0.25) is 11.8 Å². The molecule has 0 spiro atoms. The van der Waals surface area contributed by atoms with Crippen LogP contribution in [-0.4, -0.2) is 95.2 Å². The lowest BCUT2D eigenvalue weighted by Gasteiger charge is -2.63. The standard InChI is InChI=1S/C52H64ClN5O8S/c1-31(33-12-14-34(15-13-33)44-32(2)55-30-67-44)24-42(60)41-25-37(59)28-58(41)47(63)45(50(3,4)5)56-43(61)29-64-22-10-11-23-65-38-19-16-35(17-20-38)46(62)57-48-51(6,7)49(52(48,8)9)66-39-21-18-36(27-54)40(53)26-39/h12-21,26,30-31,37,41,45,48-49,59H,10-11,22-25,28-29H2,1-9H3,(H,56,61)(H,57,62)/t31-,37-,41+,45-,48?,49?/m1/s1. The summed E-state index contributed by atoms with van der Waals surface area (Å²) in [6.07, 6.45) is 0.561. The Kier molecular flexibility index (Phi) is 16.2. The van der Waals surface area contributed by atoms with E-state index in [0.29, 0.717) is 53.7 Å². The van der Waals surface area contributed by atoms with Crippen LogP contribution in [0.1, 0.15) is 114 Å². The van der Waals surface area contributed by atoms with E-state index in [1.165, 1.54) is 4.90 Å². The molecule has 6 rings (SSSR count). The first kappa shape index (κ1) is 51.1. The third-order valence-electron chi connectivity index (χ3n) is 13.1. The van der Waals surface area contributed by atoms with Crippen molar-refractivity contribution in [2.45, 2.75) is 124 Å². The van der Waals surface area contributed by atoms with Gasteiger partial charge in [-0.15, -0.1) is 11.3 Å². The number of carbonyl (C=O) groups excluding carboxylic acids is 4. The first-order chi connectivity index (χ1) is 31.6. The zero-order chi connectivity index (χ0) is 48.8. The van der Waals surface area contributed by atoms with E-state index in [-0.39, 0.29) is 55.7 Å². The molecule has 1 aromatic heterocycles. The Hall–Kier alpha value is -5.33. The van der Waals surface area contributed by atoms with Crippen LogP contribution in [0.15, 0.2) is 72.2 Å². The molecule has 0 unspecified atom stereocenters. The number of ether oxygens (including phenoxy) is 3. The second kappa shape index (κ2) is 21.3. The van der Waals surface area contributed by atoms with Crippen LogP contribution in [0.2, 0.25) is 5.02 Å². The molecule has 2 heterocycles. The van der Waals surface area contributed by atoms with Gasteiger partial charge in [0.25, 0.3) is 5.91 Å². The van der Waals surface area contributed by atoms with Crippen molar-refractivity contribution in [3.05, 3.63) is 99.6 Å². The predicted molar refractivity (Wildman–Crippen MR) is 259 cm³/mol. The van der Waals surface area contributed by atoms with Crippen LogP contribution in [0, 0.1) is 34.5 Å². The molecule has 3 aromatic carbocycles. The second-order valence-electron chi connectivity index (χ2n) is 20.2. The number of unbranched alkanes of at least 4 members (excludes halogenated alkanes) is 1. The van der Waals surface area contributed by atoms with Gasteiger partial charge in [-0.3, -0.25) is 19.2 Å². The van der Waals surface area contributed by atoms with Gasteiger partial charge in [-0.25, -0.2) is 4.98 Å². The number of benzene rings is 3. The number of Topliss-reactive ketones (excluding diaryl/α,β-unsaturated/α-hetero) is 1. The molecule has 358 valence electrons. The van der Waals surface area contributed by atoms with E-state index in [0.717, 1.165) is 21.7 Å². The molecule has 4 atom stereocenters. The summed E-state index contributed by atoms with van der Waals surface area (Å²) in [6, 6.07) is 20.2. The van der Waals surface area contributed by atoms with Crippen molar-refractivity contribution in [2.24, 2.45) is 16.2 Å². The lowest BCUT2D eigenvalue weighted by Crippen LogP contribution is -2.74. The Bertz CT molecular complexity index is 2420. The molecule has 4 aromatic rings. The van der Waals surface area contributed by atoms with Crippen LogP contribution in [0.25, 0.3) is 10.4 Å². The van der Waals surface area contributed by atoms with Gasteiger partial charge in [0.1, 0.15) is 36.3 Å². The van der Waals surface area contributed by atoms with Gasteiger partial charge in [-0.2, -0.15) is 5.26 Å². The molecular weight excluding hydrogens is 890 g/mol. The zero-order valence-corrected chi connectivity index (χ0v) is 41.6. The van der Waals surface area contributed by atoms with Gasteiger partial charge in [0, 0.05) is 54.5 Å². The van der Waals surface area contributed by atoms with Crippen molar-refractivity contribution in [2.75, 3.05) is 26.4 Å². The zero-order valence-electron chi connectivity index (χ0n) is 40.0. The topological polar surface area (TPSA) is 180 Å². The van der Waals surface area contributed by atoms with Gasteiger partial charge in [0.05, 0.1) is 45.4 Å². The number of nitrogens with zero attached hydrogens (tertiary/aromatic N) is 3. The molecule has 1 saturated heterocycles. The molecule has 0 bridgehead atoms. The Balaban J connectivity index is 0.906. The number of halogens is 1. The van der Waals surface area contributed by atoms with E-state index >= 15 is 0 Å². The number of β-amino-alcohol motifs (C(OH)–C–C–N with tert-alkyl or cyclic N) is 1. The predicted octanol–water partition coefficient (Wildman–Crippen LogP) is 8.69. The van der Waals surface area contributed by atoms with Crippen molar-refractivity contribution in [1.82, 2.24) is 20.5 Å². The summed E-state index contributed by atoms with van der Waals surface area (Å²) >= 11 is 7.82. The molecule has 2 fully saturated rings. The lowest BCUT2D eigenvalue weighted by atomic mass is 9.49. The normalized spacial score (nSPS) is 20.5. The number of hydrogen-bond donors (Lipinski definition) is 3. The van der Waals surface area contributed by atoms with E-state index < -0.39 is 46.2 Å². The summed E-state index contributed by atoms with van der Waals surface area (Å²) < 4.78 is 17.9. The first-order valence-corrected chi connectivity index (χ1v) is 24.2. The smallest absolute Gasteiger partial charge is 0.251 e. The fourth-order valence-corrected chi connectivity index (χ4v) is 10.7. The minimum Gasteiger partial charge on any atom is -0.494 e. The Morgan fingerprint density at radius 2 is 1.64 bits per heavy atom. The molecule has 0 radical (unpaired) electrons. The van der Waals surface area contributed by atoms with Gasteiger partial charge >= 0.3 is 0 Å². The average Bonchev–Trinajstić information content (AvgIpc) is 3.90. The number of aliphatic hydroxyl groups excluding tert-OH is 1. The number of aromatic nitrogens is 1. The van der Waals surface area contributed by atoms with E-state index in [2.05, 4.69) is 49.4 Å². The van der Waals surface area contributed by atoms with E-state index in [1.54, 1.807) is 53.8 Å². The van der Waals surface area contributed by atoms with E-state index in [1.807, 2.05) is 64.4 Å². The van der Waals surface area contributed by atoms with Crippen molar-refractivity contribution in [1.29, 1.82) is 5.26 Å². The number of aliphatic hydroxyl groups is 1. The molecule has 67 heavy (non-hydrogen) atoms. The van der Waals surface area contributed by atoms with Gasteiger partial charge in [-0.05, 0) is 78.6 Å². The number of hydrogen-bond acceptors (Lipinski definition) is 11. The van der Waals surface area contributed by atoms with Crippen molar-refractivity contribution >= 4 is 46.4 Å². The number of nitriles is 1. The summed E-state index contributed by atoms with van der Waals surface area (Å²) in [5.74, 6) is -0.104. The summed E-state index contributed by atoms with van der Waals surface area (Å²) in [7, 11) is 0. The first-order valence-electron chi connectivity index (χ1n) is 22.9. The molecule has 13 nitrogen and oxygen atoms in total. The molecular formula is C52H64ClN5O8S. The molecule has 15 heteroatoms. The highest BCUT2D eigenvalue weighted by Crippen LogP contribution is 2.55. The van der Waals surface area contributed by atoms with Crippen LogP contribution in [0.5, 0.6) is 11.5 Å². The van der Waals surface area contributed by atoms with Crippen LogP contribution in [-0.2, 0) is 19.1 Å². The Morgan fingerprint density at radius 1 is 0.985 bits per heavy atom. The van der Waals surface area contributed by atoms with Crippen molar-refractivity contribution in [3.8, 4) is 28.0 Å². The fourth-order valence-electron chi connectivity index (χ4n) is 9.65. The minimum absolute atomic E-state index is 0.0154. The molecule has 3 N–H and O–H groups in total. The number of ketones is 1. The maximum atomic E-state index is 14.1. The number of nitrogens with one attached hydrogen (secondary N) is 2. The lowest BCUT2D eigenvalue weighted by molar-refractivity contribution is -0.164. The SMILES string of the molecule is Cc1ncsc1-c1ccc([C@H](C)CC(=O)[C@@H]2C[C@@H](O)CN2C(=O)[C@@H](NC(=O)COCCCCOc2ccc(C(=O)NC3C(C)(C)C(Oc4ccc(C#N)c(Cl)c4)C3(C)C)cc2)C(C)(C)C)cc1. The van der Waals surface area contributed by atoms with E-state index in [9.17, 15) is 29.5 Å². The summed E-state index contributed by atoms with van der Waals surface area (Å²) in [4.78, 5) is 61.2. The number of carbonyl (C=O) groups is 4. The highest BCUT2D eigenvalue weighted by atomic mass is 35.5. The molecule has 1 aliphatic heterocycles. The maximum absolute atomic E-state index is 14.1. The molecule has 1 saturated carbocycles. The Morgan fingerprint density at radius 3 is 2.25 bits per heavy atom. The van der Waals surface area contributed by atoms with Crippen molar-refractivity contribution in [3.63, 3.8) is 0 Å². The quantitative estimate of drug-likeness (QED) is 0.0770. The van der Waals surface area contributed by atoms with Crippen LogP contribution in [0.4, 0.5) is 0 Å². The number of aryl methyl sites for hydroxylation is 1. The highest BCUT2D eigenvalue weighted by molar-refractivity contribution is 7.13. The molecule has 1 aliphatic carbocycles. The third kappa shape index (κ3) is 12.0. The third-order valence-corrected chi connectivity index (χ3v) is 14.4. The molecule has 2 aliphatic rings. The largest absolute Gasteiger partial charge is 0.494 e. The number of amides is 3. The number of thiazole rings is 1.